The lowest BCUT2D eigenvalue weighted by Crippen LogP contribution is -2.14. The van der Waals surface area contributed by atoms with E-state index >= 15 is 0 Å². The molecule has 0 aliphatic carbocycles. The number of sulfonamides is 1. The van der Waals surface area contributed by atoms with Gasteiger partial charge in [-0.15, -0.1) is 0 Å². The molecule has 0 spiro atoms. The highest BCUT2D eigenvalue weighted by Crippen LogP contribution is 2.28. The predicted molar refractivity (Wildman–Crippen MR) is 58.0 cm³/mol. The Kier molecular flexibility index (Phi) is 3.16. The molecule has 6 heteroatoms. The fourth-order valence-corrected chi connectivity index (χ4v) is 4.00. The highest BCUT2D eigenvalue weighted by atomic mass is 79.9. The number of hydrogen-bond donors (Lipinski definition) is 1. The molecule has 0 saturated carbocycles. The van der Waals surface area contributed by atoms with Crippen molar-refractivity contribution in [3.05, 3.63) is 26.6 Å². The first-order chi connectivity index (χ1) is 5.82. The number of rotatable bonds is 1. The first-order valence-corrected chi connectivity index (χ1v) is 6.44. The molecular weight excluding hydrogens is 322 g/mol. The zero-order valence-corrected chi connectivity index (χ0v) is 10.7. The zero-order valence-electron chi connectivity index (χ0n) is 6.71. The van der Waals surface area contributed by atoms with Crippen molar-refractivity contribution >= 4 is 41.9 Å². The minimum absolute atomic E-state index is 0.135. The smallest absolute Gasteiger partial charge is 0.225 e. The van der Waals surface area contributed by atoms with E-state index in [0.717, 1.165) is 4.47 Å². The van der Waals surface area contributed by atoms with E-state index in [0.29, 0.717) is 10.0 Å². The molecule has 0 aliphatic heterocycles. The van der Waals surface area contributed by atoms with Gasteiger partial charge in [0.05, 0.1) is 4.90 Å². The van der Waals surface area contributed by atoms with E-state index in [1.165, 1.54) is 0 Å². The quantitative estimate of drug-likeness (QED) is 0.858. The van der Waals surface area contributed by atoms with Gasteiger partial charge in [-0.1, -0.05) is 15.9 Å². The van der Waals surface area contributed by atoms with Crippen molar-refractivity contribution in [2.75, 3.05) is 0 Å². The number of benzene rings is 1. The average Bonchev–Trinajstić information content (AvgIpc) is 1.78. The molecule has 0 aromatic heterocycles. The zero-order chi connectivity index (χ0) is 10.2. The standard InChI is InChI=1S/C7H7Br2NO2S/c1-4-2-5(8)3-6(9)7(4)13(10,11)12/h2-3H,1H3,(H2,10,11,12). The van der Waals surface area contributed by atoms with Gasteiger partial charge in [0.25, 0.3) is 0 Å². The molecule has 0 amide bonds. The molecule has 3 nitrogen and oxygen atoms in total. The van der Waals surface area contributed by atoms with Crippen LogP contribution < -0.4 is 5.14 Å². The number of halogens is 2. The maximum atomic E-state index is 11.1. The molecule has 13 heavy (non-hydrogen) atoms. The lowest BCUT2D eigenvalue weighted by Gasteiger charge is -2.06. The summed E-state index contributed by atoms with van der Waals surface area (Å²) in [6.45, 7) is 1.69. The maximum absolute atomic E-state index is 11.1. The van der Waals surface area contributed by atoms with E-state index in [1.54, 1.807) is 19.1 Å². The largest absolute Gasteiger partial charge is 0.239 e. The Morgan fingerprint density at radius 1 is 1.31 bits per heavy atom. The monoisotopic (exact) mass is 327 g/mol. The van der Waals surface area contributed by atoms with E-state index in [-0.39, 0.29) is 4.90 Å². The van der Waals surface area contributed by atoms with Crippen LogP contribution in [-0.4, -0.2) is 8.42 Å². The fourth-order valence-electron chi connectivity index (χ4n) is 1.05. The molecule has 0 bridgehead atoms. The molecular formula is C7H7Br2NO2S. The third-order valence-electron chi connectivity index (χ3n) is 1.48. The van der Waals surface area contributed by atoms with Crippen LogP contribution in [0.25, 0.3) is 0 Å². The normalized spacial score (nSPS) is 11.7. The van der Waals surface area contributed by atoms with Gasteiger partial charge >= 0.3 is 0 Å². The lowest BCUT2D eigenvalue weighted by molar-refractivity contribution is 0.596. The lowest BCUT2D eigenvalue weighted by atomic mass is 10.2. The second-order valence-electron chi connectivity index (χ2n) is 2.58. The Balaban J connectivity index is 3.57. The van der Waals surface area contributed by atoms with Gasteiger partial charge in [0, 0.05) is 8.95 Å². The molecule has 0 heterocycles. The summed E-state index contributed by atoms with van der Waals surface area (Å²) < 4.78 is 23.5. The highest BCUT2D eigenvalue weighted by Gasteiger charge is 2.15. The Hall–Kier alpha value is 0.0900. The van der Waals surface area contributed by atoms with Crippen molar-refractivity contribution in [3.8, 4) is 0 Å². The molecule has 2 N–H and O–H groups in total. The van der Waals surface area contributed by atoms with Crippen molar-refractivity contribution in [2.24, 2.45) is 5.14 Å². The van der Waals surface area contributed by atoms with E-state index < -0.39 is 10.0 Å². The van der Waals surface area contributed by atoms with Crippen molar-refractivity contribution in [3.63, 3.8) is 0 Å². The summed E-state index contributed by atoms with van der Waals surface area (Å²) in [5.74, 6) is 0. The van der Waals surface area contributed by atoms with Gasteiger partial charge in [0.2, 0.25) is 10.0 Å². The molecule has 0 unspecified atom stereocenters. The van der Waals surface area contributed by atoms with Crippen LogP contribution in [-0.2, 0) is 10.0 Å². The minimum atomic E-state index is -3.65. The van der Waals surface area contributed by atoms with Crippen molar-refractivity contribution in [1.82, 2.24) is 0 Å². The van der Waals surface area contributed by atoms with Gasteiger partial charge in [-0.25, -0.2) is 13.6 Å². The van der Waals surface area contributed by atoms with Gasteiger partial charge in [-0.2, -0.15) is 0 Å². The minimum Gasteiger partial charge on any atom is -0.225 e. The van der Waals surface area contributed by atoms with Crippen LogP contribution >= 0.6 is 31.9 Å². The van der Waals surface area contributed by atoms with E-state index in [4.69, 9.17) is 5.14 Å². The Bertz CT molecular complexity index is 419. The molecule has 1 rings (SSSR count). The molecule has 0 aliphatic rings. The Morgan fingerprint density at radius 2 is 1.85 bits per heavy atom. The van der Waals surface area contributed by atoms with Crippen molar-refractivity contribution < 1.29 is 8.42 Å². The number of hydrogen-bond acceptors (Lipinski definition) is 2. The molecule has 1 aromatic carbocycles. The van der Waals surface area contributed by atoms with Crippen LogP contribution in [0.5, 0.6) is 0 Å². The van der Waals surface area contributed by atoms with Gasteiger partial charge in [0.1, 0.15) is 0 Å². The molecule has 72 valence electrons. The molecule has 0 saturated heterocycles. The summed E-state index contributed by atoms with van der Waals surface area (Å²) in [6, 6.07) is 3.34. The second-order valence-corrected chi connectivity index (χ2v) is 5.85. The summed E-state index contributed by atoms with van der Waals surface area (Å²) in [5, 5.41) is 5.04. The van der Waals surface area contributed by atoms with Crippen LogP contribution in [0.2, 0.25) is 0 Å². The SMILES string of the molecule is Cc1cc(Br)cc(Br)c1S(N)(=O)=O. The number of aryl methyl sites for hydroxylation is 1. The van der Waals surface area contributed by atoms with Gasteiger partial charge in [-0.3, -0.25) is 0 Å². The van der Waals surface area contributed by atoms with Crippen molar-refractivity contribution in [2.45, 2.75) is 11.8 Å². The Labute approximate surface area is 93.6 Å². The van der Waals surface area contributed by atoms with Crippen LogP contribution in [0.3, 0.4) is 0 Å². The summed E-state index contributed by atoms with van der Waals surface area (Å²) in [5.41, 5.74) is 0.615. The van der Waals surface area contributed by atoms with E-state index in [2.05, 4.69) is 31.9 Å². The second kappa shape index (κ2) is 3.68. The maximum Gasteiger partial charge on any atom is 0.239 e. The van der Waals surface area contributed by atoms with Crippen LogP contribution in [0, 0.1) is 6.92 Å². The number of nitrogens with two attached hydrogens (primary N) is 1. The first-order valence-electron chi connectivity index (χ1n) is 3.31. The van der Waals surface area contributed by atoms with Crippen molar-refractivity contribution in [1.29, 1.82) is 0 Å². The van der Waals surface area contributed by atoms with Gasteiger partial charge in [-0.05, 0) is 40.5 Å². The summed E-state index contributed by atoms with van der Waals surface area (Å²) >= 11 is 6.39. The predicted octanol–water partition coefficient (Wildman–Crippen LogP) is 2.17. The summed E-state index contributed by atoms with van der Waals surface area (Å²) in [6.07, 6.45) is 0. The third kappa shape index (κ3) is 2.52. The first kappa shape index (κ1) is 11.2. The molecule has 0 atom stereocenters. The highest BCUT2D eigenvalue weighted by molar-refractivity contribution is 9.11. The average molecular weight is 329 g/mol. The van der Waals surface area contributed by atoms with Crippen LogP contribution in [0.15, 0.2) is 26.0 Å². The van der Waals surface area contributed by atoms with Gasteiger partial charge < -0.3 is 0 Å². The third-order valence-corrected chi connectivity index (χ3v) is 3.94. The molecule has 0 fully saturated rings. The molecule has 1 aromatic rings. The topological polar surface area (TPSA) is 60.2 Å². The fraction of sp³-hybridized carbons (Fsp3) is 0.143. The summed E-state index contributed by atoms with van der Waals surface area (Å²) in [4.78, 5) is 0.135. The van der Waals surface area contributed by atoms with Crippen LogP contribution in [0.4, 0.5) is 0 Å². The Morgan fingerprint density at radius 3 is 2.23 bits per heavy atom. The summed E-state index contributed by atoms with van der Waals surface area (Å²) in [7, 11) is -3.65. The molecule has 0 radical (unpaired) electrons. The van der Waals surface area contributed by atoms with Gasteiger partial charge in [0.15, 0.2) is 0 Å². The van der Waals surface area contributed by atoms with Crippen LogP contribution in [0.1, 0.15) is 5.56 Å². The van der Waals surface area contributed by atoms with E-state index in [1.807, 2.05) is 0 Å². The van der Waals surface area contributed by atoms with E-state index in [9.17, 15) is 8.42 Å². The number of primary sulfonamides is 1.